The van der Waals surface area contributed by atoms with Gasteiger partial charge in [0.1, 0.15) is 16.7 Å². The summed E-state index contributed by atoms with van der Waals surface area (Å²) < 4.78 is 23.6. The van der Waals surface area contributed by atoms with Gasteiger partial charge in [-0.05, 0) is 71.7 Å². The van der Waals surface area contributed by atoms with Crippen molar-refractivity contribution in [2.24, 2.45) is 0 Å². The minimum atomic E-state index is -0.739. The van der Waals surface area contributed by atoms with Crippen LogP contribution in [0.15, 0.2) is 37.1 Å². The van der Waals surface area contributed by atoms with Crippen LogP contribution in [0.4, 0.5) is 9.59 Å². The van der Waals surface area contributed by atoms with Gasteiger partial charge in [-0.15, -0.1) is 0 Å². The monoisotopic (exact) mass is 562 g/mol. The molecule has 0 bridgehead atoms. The third kappa shape index (κ3) is 6.37. The minimum Gasteiger partial charge on any atom is -0.493 e. The van der Waals surface area contributed by atoms with Crippen molar-refractivity contribution in [2.45, 2.75) is 59.2 Å². The molecule has 3 heterocycles. The van der Waals surface area contributed by atoms with Gasteiger partial charge >= 0.3 is 12.2 Å². The number of fused-ring (bicyclic) bond motifs is 1. The van der Waals surface area contributed by atoms with E-state index in [1.54, 1.807) is 64.3 Å². The van der Waals surface area contributed by atoms with E-state index in [-0.39, 0.29) is 6.09 Å². The Balaban J connectivity index is 1.83. The summed E-state index contributed by atoms with van der Waals surface area (Å²) in [6, 6.07) is 5.39. The van der Waals surface area contributed by atoms with Gasteiger partial charge in [-0.3, -0.25) is 0 Å². The number of nitrogens with zero attached hydrogens (tertiary/aromatic N) is 4. The largest absolute Gasteiger partial charge is 0.493 e. The fraction of sp³-hybridized carbons (Fsp3) is 0.419. The third-order valence-electron chi connectivity index (χ3n) is 6.33. The molecule has 4 rings (SSSR count). The molecule has 0 unspecified atom stereocenters. The maximum atomic E-state index is 13.6. The van der Waals surface area contributed by atoms with Crippen LogP contribution < -0.4 is 9.47 Å². The van der Waals surface area contributed by atoms with E-state index in [1.165, 1.54) is 4.57 Å². The van der Waals surface area contributed by atoms with Gasteiger partial charge in [-0.1, -0.05) is 18.7 Å². The molecule has 3 aromatic rings. The van der Waals surface area contributed by atoms with E-state index < -0.39 is 17.3 Å². The highest BCUT2D eigenvalue weighted by atomic mass is 16.6. The Hall–Kier alpha value is -4.34. The number of hydrogen-bond donors (Lipinski definition) is 0. The molecule has 41 heavy (non-hydrogen) atoms. The summed E-state index contributed by atoms with van der Waals surface area (Å²) >= 11 is 0. The Kier molecular flexibility index (Phi) is 8.15. The van der Waals surface area contributed by atoms with Crippen LogP contribution >= 0.6 is 0 Å². The Bertz CT molecular complexity index is 1520. The molecule has 1 aliphatic rings. The summed E-state index contributed by atoms with van der Waals surface area (Å²) in [6.07, 6.45) is 4.90. The average Bonchev–Trinajstić information content (AvgIpc) is 3.24. The Morgan fingerprint density at radius 3 is 2.20 bits per heavy atom. The molecule has 10 heteroatoms. The number of carbonyl (C=O) groups is 2. The van der Waals surface area contributed by atoms with Crippen molar-refractivity contribution in [3.8, 4) is 22.8 Å². The predicted molar refractivity (Wildman–Crippen MR) is 158 cm³/mol. The Morgan fingerprint density at radius 1 is 0.976 bits per heavy atom. The first kappa shape index (κ1) is 29.6. The maximum Gasteiger partial charge on any atom is 0.420 e. The van der Waals surface area contributed by atoms with E-state index in [0.29, 0.717) is 64.7 Å². The molecule has 0 spiro atoms. The molecule has 1 amide bonds. The Morgan fingerprint density at radius 2 is 1.63 bits per heavy atom. The number of aromatic nitrogens is 3. The highest BCUT2D eigenvalue weighted by Crippen LogP contribution is 2.38. The molecule has 0 radical (unpaired) electrons. The minimum absolute atomic E-state index is 0.342. The fourth-order valence-electron chi connectivity index (χ4n) is 4.56. The van der Waals surface area contributed by atoms with Crippen LogP contribution in [-0.4, -0.2) is 70.1 Å². The van der Waals surface area contributed by atoms with Crippen molar-refractivity contribution in [3.63, 3.8) is 0 Å². The van der Waals surface area contributed by atoms with Crippen LogP contribution in [0, 0.1) is 0 Å². The first-order valence-corrected chi connectivity index (χ1v) is 13.4. The smallest absolute Gasteiger partial charge is 0.420 e. The number of rotatable bonds is 5. The van der Waals surface area contributed by atoms with Crippen molar-refractivity contribution >= 4 is 35.0 Å². The molecular weight excluding hydrogens is 524 g/mol. The highest BCUT2D eigenvalue weighted by molar-refractivity contribution is 6.00. The molecule has 0 atom stereocenters. The van der Waals surface area contributed by atoms with Gasteiger partial charge < -0.3 is 23.8 Å². The topological polar surface area (TPSA) is 105 Å². The Labute approximate surface area is 240 Å². The molecule has 0 saturated heterocycles. The maximum absolute atomic E-state index is 13.6. The number of methoxy groups -OCH3 is 2. The van der Waals surface area contributed by atoms with Crippen molar-refractivity contribution < 1.29 is 28.5 Å². The van der Waals surface area contributed by atoms with Gasteiger partial charge in [0, 0.05) is 24.2 Å². The van der Waals surface area contributed by atoms with Gasteiger partial charge in [0.2, 0.25) is 0 Å². The second kappa shape index (κ2) is 11.3. The standard InChI is InChI=1S/C31H38N4O6/c1-10-21-25-27(32-18-22(33-25)19-13-15-34(16-14-19)28(36)40-30(2,3)4)35(29(37)41-31(5,6)7)26(21)20-11-12-23(38-8)24(17-20)39-9/h10-13,17-18H,1,14-16H2,2-9H3. The van der Waals surface area contributed by atoms with Gasteiger partial charge in [-0.2, -0.15) is 0 Å². The molecule has 2 aromatic heterocycles. The summed E-state index contributed by atoms with van der Waals surface area (Å²) in [6.45, 7) is 15.9. The normalized spacial score (nSPS) is 14.0. The lowest BCUT2D eigenvalue weighted by Gasteiger charge is -2.29. The van der Waals surface area contributed by atoms with E-state index in [2.05, 4.69) is 6.58 Å². The van der Waals surface area contributed by atoms with E-state index >= 15 is 0 Å². The summed E-state index contributed by atoms with van der Waals surface area (Å²) in [5.74, 6) is 1.06. The van der Waals surface area contributed by atoms with Crippen LogP contribution in [0.3, 0.4) is 0 Å². The van der Waals surface area contributed by atoms with Crippen LogP contribution in [0.2, 0.25) is 0 Å². The molecular formula is C31H38N4O6. The SMILES string of the molecule is C=Cc1c(-c2ccc(OC)c(OC)c2)n(C(=O)OC(C)(C)C)c2ncc(C3=CCN(C(=O)OC(C)(C)C)CC3)nc12. The zero-order chi connectivity index (χ0) is 30.1. The van der Waals surface area contributed by atoms with E-state index in [1.807, 2.05) is 32.9 Å². The van der Waals surface area contributed by atoms with Crippen LogP contribution in [0.25, 0.3) is 34.1 Å². The number of amides is 1. The predicted octanol–water partition coefficient (Wildman–Crippen LogP) is 6.57. The van der Waals surface area contributed by atoms with Crippen molar-refractivity contribution in [3.05, 3.63) is 48.3 Å². The molecule has 1 aromatic carbocycles. The first-order valence-electron chi connectivity index (χ1n) is 13.4. The number of benzene rings is 1. The quantitative estimate of drug-likeness (QED) is 0.344. The molecule has 1 aliphatic heterocycles. The van der Waals surface area contributed by atoms with E-state index in [0.717, 1.165) is 5.57 Å². The summed E-state index contributed by atoms with van der Waals surface area (Å²) in [5, 5.41) is 0. The summed E-state index contributed by atoms with van der Waals surface area (Å²) in [7, 11) is 3.11. The van der Waals surface area contributed by atoms with Crippen molar-refractivity contribution in [2.75, 3.05) is 27.3 Å². The van der Waals surface area contributed by atoms with E-state index in [4.69, 9.17) is 28.9 Å². The molecule has 0 saturated carbocycles. The molecule has 218 valence electrons. The summed E-state index contributed by atoms with van der Waals surface area (Å²) in [5.41, 5.74) is 2.97. The third-order valence-corrected chi connectivity index (χ3v) is 6.33. The number of ether oxygens (including phenoxy) is 4. The summed E-state index contributed by atoms with van der Waals surface area (Å²) in [4.78, 5) is 37.4. The first-order chi connectivity index (χ1) is 19.3. The second-order valence-corrected chi connectivity index (χ2v) is 11.7. The van der Waals surface area contributed by atoms with Gasteiger partial charge in [0.25, 0.3) is 0 Å². The average molecular weight is 563 g/mol. The van der Waals surface area contributed by atoms with Crippen LogP contribution in [0.1, 0.15) is 59.2 Å². The van der Waals surface area contributed by atoms with Gasteiger partial charge in [-0.25, -0.2) is 24.1 Å². The lowest BCUT2D eigenvalue weighted by atomic mass is 10.0. The van der Waals surface area contributed by atoms with Crippen LogP contribution in [-0.2, 0) is 9.47 Å². The fourth-order valence-corrected chi connectivity index (χ4v) is 4.56. The van der Waals surface area contributed by atoms with Crippen molar-refractivity contribution in [1.29, 1.82) is 0 Å². The molecule has 0 N–H and O–H groups in total. The number of hydrogen-bond acceptors (Lipinski definition) is 8. The molecule has 0 fully saturated rings. The zero-order valence-corrected chi connectivity index (χ0v) is 25.0. The van der Waals surface area contributed by atoms with Crippen LogP contribution in [0.5, 0.6) is 11.5 Å². The molecule has 10 nitrogen and oxygen atoms in total. The zero-order valence-electron chi connectivity index (χ0n) is 25.0. The molecule has 0 aliphatic carbocycles. The van der Waals surface area contributed by atoms with E-state index in [9.17, 15) is 9.59 Å². The van der Waals surface area contributed by atoms with Gasteiger partial charge in [0.15, 0.2) is 17.1 Å². The van der Waals surface area contributed by atoms with Crippen molar-refractivity contribution in [1.82, 2.24) is 19.4 Å². The number of carbonyl (C=O) groups excluding carboxylic acids is 2. The lowest BCUT2D eigenvalue weighted by molar-refractivity contribution is 0.0270. The highest BCUT2D eigenvalue weighted by Gasteiger charge is 2.29. The second-order valence-electron chi connectivity index (χ2n) is 11.7. The lowest BCUT2D eigenvalue weighted by Crippen LogP contribution is -2.39. The van der Waals surface area contributed by atoms with Gasteiger partial charge in [0.05, 0.1) is 31.8 Å².